The number of hydrogen-bond donors (Lipinski definition) is 1. The SMILES string of the molecule is CC(C)CNCc1cc(-n2ccnc2)nc2ccccc12. The minimum atomic E-state index is 0.645. The Morgan fingerprint density at radius 2 is 2.10 bits per heavy atom. The maximum atomic E-state index is 4.72. The maximum Gasteiger partial charge on any atom is 0.138 e. The van der Waals surface area contributed by atoms with Gasteiger partial charge in [-0.3, -0.25) is 4.57 Å². The van der Waals surface area contributed by atoms with Crippen molar-refractivity contribution in [3.05, 3.63) is 54.6 Å². The monoisotopic (exact) mass is 280 g/mol. The van der Waals surface area contributed by atoms with Crippen molar-refractivity contribution in [1.82, 2.24) is 19.9 Å². The summed E-state index contributed by atoms with van der Waals surface area (Å²) in [5, 5.41) is 4.72. The highest BCUT2D eigenvalue weighted by Gasteiger charge is 2.07. The molecule has 1 aromatic carbocycles. The molecule has 0 amide bonds. The molecule has 4 heteroatoms. The number of rotatable bonds is 5. The fourth-order valence-electron chi connectivity index (χ4n) is 2.40. The molecule has 0 unspecified atom stereocenters. The second-order valence-corrected chi connectivity index (χ2v) is 5.65. The average molecular weight is 280 g/mol. The highest BCUT2D eigenvalue weighted by Crippen LogP contribution is 2.20. The van der Waals surface area contributed by atoms with Crippen LogP contribution in [0.1, 0.15) is 19.4 Å². The van der Waals surface area contributed by atoms with Crippen LogP contribution in [0.4, 0.5) is 0 Å². The Hall–Kier alpha value is -2.20. The van der Waals surface area contributed by atoms with Crippen LogP contribution in [0.25, 0.3) is 16.7 Å². The molecule has 0 spiro atoms. The van der Waals surface area contributed by atoms with Gasteiger partial charge in [-0.2, -0.15) is 0 Å². The van der Waals surface area contributed by atoms with Crippen LogP contribution in [-0.4, -0.2) is 21.1 Å². The molecule has 21 heavy (non-hydrogen) atoms. The summed E-state index contributed by atoms with van der Waals surface area (Å²) in [5.41, 5.74) is 2.29. The maximum absolute atomic E-state index is 4.72. The molecule has 0 saturated heterocycles. The van der Waals surface area contributed by atoms with Crippen LogP contribution in [-0.2, 0) is 6.54 Å². The molecule has 108 valence electrons. The van der Waals surface area contributed by atoms with Gasteiger partial charge in [0, 0.05) is 24.3 Å². The standard InChI is InChI=1S/C17H20N4/c1-13(2)10-19-11-14-9-17(21-8-7-18-12-21)20-16-6-4-3-5-15(14)16/h3-9,12-13,19H,10-11H2,1-2H3. The lowest BCUT2D eigenvalue weighted by Gasteiger charge is -2.12. The number of aromatic nitrogens is 3. The fraction of sp³-hybridized carbons (Fsp3) is 0.294. The van der Waals surface area contributed by atoms with Gasteiger partial charge in [-0.1, -0.05) is 32.0 Å². The zero-order valence-electron chi connectivity index (χ0n) is 12.5. The van der Waals surface area contributed by atoms with Crippen LogP contribution in [0.2, 0.25) is 0 Å². The molecular formula is C17H20N4. The zero-order valence-corrected chi connectivity index (χ0v) is 12.5. The summed E-state index contributed by atoms with van der Waals surface area (Å²) in [7, 11) is 0. The molecule has 4 nitrogen and oxygen atoms in total. The molecule has 0 bridgehead atoms. The highest BCUT2D eigenvalue weighted by atomic mass is 15.1. The molecule has 2 aromatic heterocycles. The van der Waals surface area contributed by atoms with Crippen molar-refractivity contribution in [2.45, 2.75) is 20.4 Å². The lowest BCUT2D eigenvalue weighted by Crippen LogP contribution is -2.19. The number of nitrogens with zero attached hydrogens (tertiary/aromatic N) is 3. The van der Waals surface area contributed by atoms with Crippen molar-refractivity contribution in [2.75, 3.05) is 6.54 Å². The van der Waals surface area contributed by atoms with Gasteiger partial charge in [-0.05, 0) is 30.2 Å². The Kier molecular flexibility index (Phi) is 3.97. The van der Waals surface area contributed by atoms with Gasteiger partial charge in [0.1, 0.15) is 12.1 Å². The summed E-state index contributed by atoms with van der Waals surface area (Å²) in [6.07, 6.45) is 5.47. The molecule has 0 radical (unpaired) electrons. The number of para-hydroxylation sites is 1. The van der Waals surface area contributed by atoms with Gasteiger partial charge in [0.05, 0.1) is 5.52 Å². The van der Waals surface area contributed by atoms with Crippen LogP contribution in [0.3, 0.4) is 0 Å². The lowest BCUT2D eigenvalue weighted by molar-refractivity contribution is 0.553. The van der Waals surface area contributed by atoms with E-state index in [9.17, 15) is 0 Å². The third-order valence-electron chi connectivity index (χ3n) is 3.43. The molecule has 3 rings (SSSR count). The van der Waals surface area contributed by atoms with Crippen molar-refractivity contribution in [2.24, 2.45) is 5.92 Å². The first kappa shape index (κ1) is 13.8. The van der Waals surface area contributed by atoms with Gasteiger partial charge >= 0.3 is 0 Å². The molecule has 0 aliphatic heterocycles. The van der Waals surface area contributed by atoms with Crippen LogP contribution >= 0.6 is 0 Å². The van der Waals surface area contributed by atoms with E-state index in [1.807, 2.05) is 16.8 Å². The smallest absolute Gasteiger partial charge is 0.138 e. The van der Waals surface area contributed by atoms with E-state index in [1.54, 1.807) is 12.5 Å². The Morgan fingerprint density at radius 1 is 1.24 bits per heavy atom. The van der Waals surface area contributed by atoms with E-state index in [4.69, 9.17) is 4.98 Å². The summed E-state index contributed by atoms with van der Waals surface area (Å²) in [6, 6.07) is 10.4. The van der Waals surface area contributed by atoms with Crippen molar-refractivity contribution >= 4 is 10.9 Å². The van der Waals surface area contributed by atoms with E-state index in [2.05, 4.69) is 48.4 Å². The Morgan fingerprint density at radius 3 is 2.86 bits per heavy atom. The number of fused-ring (bicyclic) bond motifs is 1. The summed E-state index contributed by atoms with van der Waals surface area (Å²) in [6.45, 7) is 6.29. The molecule has 0 aliphatic carbocycles. The first-order chi connectivity index (χ1) is 10.2. The average Bonchev–Trinajstić information content (AvgIpc) is 3.01. The van der Waals surface area contributed by atoms with E-state index >= 15 is 0 Å². The minimum absolute atomic E-state index is 0.645. The lowest BCUT2D eigenvalue weighted by atomic mass is 10.1. The van der Waals surface area contributed by atoms with E-state index in [-0.39, 0.29) is 0 Å². The summed E-state index contributed by atoms with van der Waals surface area (Å²) in [5.74, 6) is 1.55. The van der Waals surface area contributed by atoms with Crippen molar-refractivity contribution in [1.29, 1.82) is 0 Å². The third-order valence-corrected chi connectivity index (χ3v) is 3.43. The topological polar surface area (TPSA) is 42.7 Å². The number of hydrogen-bond acceptors (Lipinski definition) is 3. The molecule has 0 aliphatic rings. The van der Waals surface area contributed by atoms with Gasteiger partial charge < -0.3 is 5.32 Å². The van der Waals surface area contributed by atoms with Crippen molar-refractivity contribution in [3.8, 4) is 5.82 Å². The quantitative estimate of drug-likeness (QED) is 0.780. The van der Waals surface area contributed by atoms with E-state index in [1.165, 1.54) is 10.9 Å². The van der Waals surface area contributed by atoms with Gasteiger partial charge in [-0.15, -0.1) is 0 Å². The molecule has 0 atom stereocenters. The largest absolute Gasteiger partial charge is 0.312 e. The molecule has 1 N–H and O–H groups in total. The molecule has 3 aromatic rings. The predicted molar refractivity (Wildman–Crippen MR) is 85.4 cm³/mol. The third kappa shape index (κ3) is 3.11. The molecule has 0 saturated carbocycles. The number of pyridine rings is 1. The second kappa shape index (κ2) is 6.06. The van der Waals surface area contributed by atoms with Crippen molar-refractivity contribution in [3.63, 3.8) is 0 Å². The van der Waals surface area contributed by atoms with Crippen molar-refractivity contribution < 1.29 is 0 Å². The number of nitrogens with one attached hydrogen (secondary N) is 1. The van der Waals surface area contributed by atoms with Crippen LogP contribution in [0.15, 0.2) is 49.1 Å². The fourth-order valence-corrected chi connectivity index (χ4v) is 2.40. The van der Waals surface area contributed by atoms with Crippen LogP contribution < -0.4 is 5.32 Å². The van der Waals surface area contributed by atoms with Gasteiger partial charge in [0.2, 0.25) is 0 Å². The van der Waals surface area contributed by atoms with Gasteiger partial charge in [-0.25, -0.2) is 9.97 Å². The second-order valence-electron chi connectivity index (χ2n) is 5.65. The Bertz CT molecular complexity index is 717. The summed E-state index contributed by atoms with van der Waals surface area (Å²) < 4.78 is 1.94. The molecule has 2 heterocycles. The van der Waals surface area contributed by atoms with Gasteiger partial charge in [0.25, 0.3) is 0 Å². The van der Waals surface area contributed by atoms with E-state index in [0.29, 0.717) is 5.92 Å². The van der Waals surface area contributed by atoms with Crippen LogP contribution in [0, 0.1) is 5.92 Å². The first-order valence-corrected chi connectivity index (χ1v) is 7.32. The zero-order chi connectivity index (χ0) is 14.7. The first-order valence-electron chi connectivity index (χ1n) is 7.32. The van der Waals surface area contributed by atoms with E-state index in [0.717, 1.165) is 24.4 Å². The number of imidazole rings is 1. The number of benzene rings is 1. The summed E-state index contributed by atoms with van der Waals surface area (Å²) in [4.78, 5) is 8.82. The van der Waals surface area contributed by atoms with Gasteiger partial charge in [0.15, 0.2) is 0 Å². The molecular weight excluding hydrogens is 260 g/mol. The predicted octanol–water partition coefficient (Wildman–Crippen LogP) is 3.17. The normalized spacial score (nSPS) is 11.4. The summed E-state index contributed by atoms with van der Waals surface area (Å²) >= 11 is 0. The molecule has 0 fully saturated rings. The Labute approximate surface area is 124 Å². The van der Waals surface area contributed by atoms with E-state index < -0.39 is 0 Å². The minimum Gasteiger partial charge on any atom is -0.312 e. The van der Waals surface area contributed by atoms with Crippen LogP contribution in [0.5, 0.6) is 0 Å². The Balaban J connectivity index is 1.99. The highest BCUT2D eigenvalue weighted by molar-refractivity contribution is 5.83.